The Labute approximate surface area is 118 Å². The molecule has 0 aromatic heterocycles. The van der Waals surface area contributed by atoms with E-state index in [0.29, 0.717) is 0 Å². The van der Waals surface area contributed by atoms with Crippen molar-refractivity contribution in [2.45, 2.75) is 11.7 Å². The second-order valence-corrected chi connectivity index (χ2v) is 4.77. The molecule has 2 nitrogen and oxygen atoms in total. The zero-order chi connectivity index (χ0) is 13.8. The molecular weight excluding hydrogens is 248 g/mol. The van der Waals surface area contributed by atoms with Crippen LogP contribution >= 0.6 is 0 Å². The van der Waals surface area contributed by atoms with E-state index < -0.39 is 11.7 Å². The van der Waals surface area contributed by atoms with Gasteiger partial charge in [-0.25, -0.2) is 0 Å². The molecule has 1 N–H and O–H groups in total. The average molecular weight is 264 g/mol. The van der Waals surface area contributed by atoms with Crippen LogP contribution in [-0.2, 0) is 10.3 Å². The van der Waals surface area contributed by atoms with E-state index >= 15 is 0 Å². The van der Waals surface area contributed by atoms with Crippen LogP contribution in [-0.4, -0.2) is 11.2 Å². The molecule has 1 heterocycles. The minimum absolute atomic E-state index is 0.447. The van der Waals surface area contributed by atoms with E-state index in [2.05, 4.69) is 0 Å². The average Bonchev–Trinajstić information content (AvgIpc) is 2.56. The summed E-state index contributed by atoms with van der Waals surface area (Å²) in [6.45, 7) is 0. The van der Waals surface area contributed by atoms with E-state index in [-0.39, 0.29) is 0 Å². The lowest BCUT2D eigenvalue weighted by Crippen LogP contribution is -2.41. The Morgan fingerprint density at radius 3 is 1.80 bits per heavy atom. The third kappa shape index (κ3) is 2.15. The Morgan fingerprint density at radius 1 is 0.800 bits per heavy atom. The Kier molecular flexibility index (Phi) is 3.40. The van der Waals surface area contributed by atoms with Crippen LogP contribution < -0.4 is 0 Å². The largest absolute Gasteiger partial charge is 0.490 e. The van der Waals surface area contributed by atoms with Gasteiger partial charge in [-0.1, -0.05) is 66.7 Å². The highest BCUT2D eigenvalue weighted by Gasteiger charge is 2.40. The van der Waals surface area contributed by atoms with Crippen LogP contribution in [0.2, 0.25) is 0 Å². The Morgan fingerprint density at radius 2 is 1.35 bits per heavy atom. The van der Waals surface area contributed by atoms with Gasteiger partial charge < -0.3 is 9.84 Å². The monoisotopic (exact) mass is 264 g/mol. The summed E-state index contributed by atoms with van der Waals surface area (Å²) in [6, 6.07) is 19.2. The molecule has 0 saturated heterocycles. The van der Waals surface area contributed by atoms with Gasteiger partial charge in [0.2, 0.25) is 0 Å². The third-order valence-electron chi connectivity index (χ3n) is 3.54. The van der Waals surface area contributed by atoms with Crippen LogP contribution in [0, 0.1) is 0 Å². The molecule has 0 saturated carbocycles. The lowest BCUT2D eigenvalue weighted by molar-refractivity contribution is -0.0326. The Hall–Kier alpha value is -2.32. The highest BCUT2D eigenvalue weighted by molar-refractivity contribution is 5.39. The number of hydrogen-bond acceptors (Lipinski definition) is 2. The van der Waals surface area contributed by atoms with Gasteiger partial charge in [-0.3, -0.25) is 0 Å². The fourth-order valence-corrected chi connectivity index (χ4v) is 2.50. The van der Waals surface area contributed by atoms with Gasteiger partial charge >= 0.3 is 0 Å². The summed E-state index contributed by atoms with van der Waals surface area (Å²) in [7, 11) is 0. The summed E-state index contributed by atoms with van der Waals surface area (Å²) >= 11 is 0. The van der Waals surface area contributed by atoms with Crippen LogP contribution in [0.1, 0.15) is 11.1 Å². The normalized spacial score (nSPS) is 17.8. The molecule has 20 heavy (non-hydrogen) atoms. The molecule has 0 fully saturated rings. The molecule has 1 aliphatic rings. The number of ether oxygens (including phenoxy) is 1. The Bertz CT molecular complexity index is 575. The van der Waals surface area contributed by atoms with Gasteiger partial charge in [0.05, 0.1) is 6.26 Å². The second kappa shape index (κ2) is 5.35. The first-order valence-electron chi connectivity index (χ1n) is 6.64. The smallest absolute Gasteiger partial charge is 0.155 e. The van der Waals surface area contributed by atoms with E-state index in [1.807, 2.05) is 78.9 Å². The third-order valence-corrected chi connectivity index (χ3v) is 3.54. The second-order valence-electron chi connectivity index (χ2n) is 4.77. The van der Waals surface area contributed by atoms with Crippen LogP contribution in [0.5, 0.6) is 0 Å². The molecule has 0 aliphatic carbocycles. The SMILES string of the molecule is OC(c1ccccc1)(c1ccccc1)C1C=CC=CO1. The maximum absolute atomic E-state index is 11.4. The maximum atomic E-state index is 11.4. The number of hydrogen-bond donors (Lipinski definition) is 1. The van der Waals surface area contributed by atoms with E-state index in [4.69, 9.17) is 4.74 Å². The molecule has 1 atom stereocenters. The van der Waals surface area contributed by atoms with Gasteiger partial charge in [-0.15, -0.1) is 0 Å². The molecule has 2 aromatic rings. The topological polar surface area (TPSA) is 29.5 Å². The molecule has 0 amide bonds. The first-order chi connectivity index (χ1) is 9.82. The number of aliphatic hydroxyl groups is 1. The maximum Gasteiger partial charge on any atom is 0.155 e. The van der Waals surface area contributed by atoms with Gasteiger partial charge in [0.1, 0.15) is 0 Å². The predicted octanol–water partition coefficient (Wildman–Crippen LogP) is 3.39. The van der Waals surface area contributed by atoms with Crippen molar-refractivity contribution >= 4 is 0 Å². The highest BCUT2D eigenvalue weighted by atomic mass is 16.5. The molecule has 0 bridgehead atoms. The quantitative estimate of drug-likeness (QED) is 0.920. The van der Waals surface area contributed by atoms with Crippen molar-refractivity contribution in [1.82, 2.24) is 0 Å². The summed E-state index contributed by atoms with van der Waals surface area (Å²) in [5.41, 5.74) is 0.427. The zero-order valence-corrected chi connectivity index (χ0v) is 11.0. The first-order valence-corrected chi connectivity index (χ1v) is 6.64. The van der Waals surface area contributed by atoms with E-state index in [0.717, 1.165) is 11.1 Å². The highest BCUT2D eigenvalue weighted by Crippen LogP contribution is 2.36. The van der Waals surface area contributed by atoms with Crippen molar-refractivity contribution < 1.29 is 9.84 Å². The van der Waals surface area contributed by atoms with Gasteiger partial charge in [0.15, 0.2) is 11.7 Å². The lowest BCUT2D eigenvalue weighted by Gasteiger charge is -2.35. The predicted molar refractivity (Wildman–Crippen MR) is 79.0 cm³/mol. The fraction of sp³-hybridized carbons (Fsp3) is 0.111. The van der Waals surface area contributed by atoms with Crippen LogP contribution in [0.15, 0.2) is 85.2 Å². The molecule has 1 unspecified atom stereocenters. The van der Waals surface area contributed by atoms with Crippen molar-refractivity contribution in [3.05, 3.63) is 96.3 Å². The Balaban J connectivity index is 2.13. The minimum Gasteiger partial charge on any atom is -0.490 e. The summed E-state index contributed by atoms with van der Waals surface area (Å²) in [4.78, 5) is 0. The number of allylic oxidation sites excluding steroid dienone is 2. The summed E-state index contributed by atoms with van der Waals surface area (Å²) in [5.74, 6) is 0. The molecule has 3 rings (SSSR count). The molecule has 1 aliphatic heterocycles. The van der Waals surface area contributed by atoms with Crippen molar-refractivity contribution in [1.29, 1.82) is 0 Å². The lowest BCUT2D eigenvalue weighted by atomic mass is 9.81. The van der Waals surface area contributed by atoms with Crippen LogP contribution in [0.25, 0.3) is 0 Å². The van der Waals surface area contributed by atoms with Crippen LogP contribution in [0.4, 0.5) is 0 Å². The van der Waals surface area contributed by atoms with Gasteiger partial charge in [0.25, 0.3) is 0 Å². The first kappa shape index (κ1) is 12.7. The molecule has 100 valence electrons. The van der Waals surface area contributed by atoms with Gasteiger partial charge in [0, 0.05) is 0 Å². The van der Waals surface area contributed by atoms with E-state index in [9.17, 15) is 5.11 Å². The zero-order valence-electron chi connectivity index (χ0n) is 11.0. The van der Waals surface area contributed by atoms with Gasteiger partial charge in [-0.05, 0) is 23.3 Å². The van der Waals surface area contributed by atoms with E-state index in [1.54, 1.807) is 6.26 Å². The van der Waals surface area contributed by atoms with E-state index in [1.165, 1.54) is 0 Å². The number of rotatable bonds is 3. The van der Waals surface area contributed by atoms with Crippen LogP contribution in [0.3, 0.4) is 0 Å². The summed E-state index contributed by atoms with van der Waals surface area (Å²) in [5, 5.41) is 11.4. The molecule has 0 spiro atoms. The summed E-state index contributed by atoms with van der Waals surface area (Å²) < 4.78 is 5.63. The van der Waals surface area contributed by atoms with Crippen molar-refractivity contribution in [3.8, 4) is 0 Å². The minimum atomic E-state index is -1.20. The standard InChI is InChI=1S/C18H16O2/c19-18(15-9-3-1-4-10-15,16-11-5-2-6-12-16)17-13-7-8-14-20-17/h1-14,17,19H. The summed E-state index contributed by atoms with van der Waals surface area (Å²) in [6.07, 6.45) is 6.75. The van der Waals surface area contributed by atoms with Crippen molar-refractivity contribution in [3.63, 3.8) is 0 Å². The van der Waals surface area contributed by atoms with Crippen molar-refractivity contribution in [2.24, 2.45) is 0 Å². The molecule has 0 radical (unpaired) electrons. The fourth-order valence-electron chi connectivity index (χ4n) is 2.50. The number of benzene rings is 2. The molecule has 2 heteroatoms. The molecular formula is C18H16O2. The van der Waals surface area contributed by atoms with Crippen molar-refractivity contribution in [2.75, 3.05) is 0 Å². The van der Waals surface area contributed by atoms with Gasteiger partial charge in [-0.2, -0.15) is 0 Å². The molecule has 2 aromatic carbocycles.